The highest BCUT2D eigenvalue weighted by Crippen LogP contribution is 2.26. The SMILES string of the molecule is COC[C@H]1CN(c2cc(N3CCOCC3)ncn2)CC(C)(C)O1. The number of hydrogen-bond donors (Lipinski definition) is 0. The van der Waals surface area contributed by atoms with Gasteiger partial charge in [0, 0.05) is 39.4 Å². The minimum atomic E-state index is -0.231. The van der Waals surface area contributed by atoms with Crippen LogP contribution in [0.4, 0.5) is 11.6 Å². The summed E-state index contributed by atoms with van der Waals surface area (Å²) in [5.74, 6) is 1.91. The smallest absolute Gasteiger partial charge is 0.134 e. The van der Waals surface area contributed by atoms with Crippen LogP contribution in [-0.2, 0) is 14.2 Å². The third-order valence-electron chi connectivity index (χ3n) is 4.13. The van der Waals surface area contributed by atoms with E-state index >= 15 is 0 Å². The van der Waals surface area contributed by atoms with Crippen molar-refractivity contribution in [3.8, 4) is 0 Å². The Hall–Kier alpha value is -1.44. The molecule has 1 aromatic rings. The summed E-state index contributed by atoms with van der Waals surface area (Å²) in [7, 11) is 1.70. The molecule has 0 unspecified atom stereocenters. The van der Waals surface area contributed by atoms with E-state index in [-0.39, 0.29) is 11.7 Å². The van der Waals surface area contributed by atoms with Crippen molar-refractivity contribution in [1.29, 1.82) is 0 Å². The number of ether oxygens (including phenoxy) is 3. The van der Waals surface area contributed by atoms with Crippen LogP contribution in [0.1, 0.15) is 13.8 Å². The average molecular weight is 322 g/mol. The molecule has 2 saturated heterocycles. The van der Waals surface area contributed by atoms with Gasteiger partial charge in [0.2, 0.25) is 0 Å². The highest BCUT2D eigenvalue weighted by Gasteiger charge is 2.34. The molecule has 0 saturated carbocycles. The average Bonchev–Trinajstić information content (AvgIpc) is 2.55. The molecule has 3 rings (SSSR count). The first-order valence-corrected chi connectivity index (χ1v) is 8.14. The molecular weight excluding hydrogens is 296 g/mol. The van der Waals surface area contributed by atoms with E-state index in [2.05, 4.69) is 39.7 Å². The Balaban J connectivity index is 1.77. The third kappa shape index (κ3) is 4.10. The van der Waals surface area contributed by atoms with Gasteiger partial charge in [0.25, 0.3) is 0 Å². The normalized spacial score (nSPS) is 24.7. The molecule has 0 aliphatic carbocycles. The first kappa shape index (κ1) is 16.4. The first-order chi connectivity index (χ1) is 11.1. The lowest BCUT2D eigenvalue weighted by Gasteiger charge is -2.43. The van der Waals surface area contributed by atoms with Gasteiger partial charge in [-0.2, -0.15) is 0 Å². The predicted octanol–water partition coefficient (Wildman–Crippen LogP) is 0.943. The fourth-order valence-corrected chi connectivity index (χ4v) is 3.22. The lowest BCUT2D eigenvalue weighted by molar-refractivity contribution is -0.106. The number of nitrogens with zero attached hydrogens (tertiary/aromatic N) is 4. The van der Waals surface area contributed by atoms with E-state index in [1.165, 1.54) is 0 Å². The molecular formula is C16H26N4O3. The van der Waals surface area contributed by atoms with E-state index in [0.717, 1.165) is 51.0 Å². The molecule has 2 fully saturated rings. The van der Waals surface area contributed by atoms with Crippen molar-refractivity contribution in [1.82, 2.24) is 9.97 Å². The van der Waals surface area contributed by atoms with Crippen LogP contribution in [0.2, 0.25) is 0 Å². The third-order valence-corrected chi connectivity index (χ3v) is 4.13. The highest BCUT2D eigenvalue weighted by molar-refractivity contribution is 5.51. The Morgan fingerprint density at radius 1 is 1.22 bits per heavy atom. The maximum atomic E-state index is 6.08. The molecule has 1 atom stereocenters. The first-order valence-electron chi connectivity index (χ1n) is 8.14. The molecule has 7 heteroatoms. The van der Waals surface area contributed by atoms with Crippen molar-refractivity contribution in [3.63, 3.8) is 0 Å². The molecule has 0 radical (unpaired) electrons. The highest BCUT2D eigenvalue weighted by atomic mass is 16.5. The number of anilines is 2. The largest absolute Gasteiger partial charge is 0.382 e. The summed E-state index contributed by atoms with van der Waals surface area (Å²) in [6.45, 7) is 9.61. The molecule has 0 spiro atoms. The van der Waals surface area contributed by atoms with Gasteiger partial charge in [-0.15, -0.1) is 0 Å². The van der Waals surface area contributed by atoms with Crippen LogP contribution in [-0.4, -0.2) is 74.8 Å². The van der Waals surface area contributed by atoms with E-state index in [4.69, 9.17) is 14.2 Å². The van der Waals surface area contributed by atoms with E-state index in [0.29, 0.717) is 6.61 Å². The Kier molecular flexibility index (Phi) is 4.99. The molecule has 0 N–H and O–H groups in total. The van der Waals surface area contributed by atoms with Crippen LogP contribution in [0.5, 0.6) is 0 Å². The van der Waals surface area contributed by atoms with Gasteiger partial charge in [-0.05, 0) is 13.8 Å². The van der Waals surface area contributed by atoms with Gasteiger partial charge < -0.3 is 24.0 Å². The number of aromatic nitrogens is 2. The molecule has 2 aliphatic rings. The van der Waals surface area contributed by atoms with Crippen LogP contribution in [0, 0.1) is 0 Å². The second-order valence-corrected chi connectivity index (χ2v) is 6.67. The van der Waals surface area contributed by atoms with Crippen LogP contribution < -0.4 is 9.80 Å². The van der Waals surface area contributed by atoms with E-state index in [9.17, 15) is 0 Å². The van der Waals surface area contributed by atoms with Gasteiger partial charge >= 0.3 is 0 Å². The number of hydrogen-bond acceptors (Lipinski definition) is 7. The molecule has 0 aromatic carbocycles. The Morgan fingerprint density at radius 3 is 2.61 bits per heavy atom. The molecule has 1 aromatic heterocycles. The summed E-state index contributed by atoms with van der Waals surface area (Å²) in [6, 6.07) is 2.07. The van der Waals surface area contributed by atoms with Gasteiger partial charge in [0.1, 0.15) is 18.0 Å². The summed E-state index contributed by atoms with van der Waals surface area (Å²) in [6.07, 6.45) is 1.69. The number of methoxy groups -OCH3 is 1. The van der Waals surface area contributed by atoms with Gasteiger partial charge in [0.05, 0.1) is 31.5 Å². The Bertz CT molecular complexity index is 520. The van der Waals surface area contributed by atoms with Gasteiger partial charge in [-0.25, -0.2) is 9.97 Å². The van der Waals surface area contributed by atoms with Crippen molar-refractivity contribution in [2.45, 2.75) is 25.6 Å². The van der Waals surface area contributed by atoms with E-state index in [1.807, 2.05) is 0 Å². The van der Waals surface area contributed by atoms with Crippen molar-refractivity contribution in [2.24, 2.45) is 0 Å². The van der Waals surface area contributed by atoms with Gasteiger partial charge in [-0.3, -0.25) is 0 Å². The summed E-state index contributed by atoms with van der Waals surface area (Å²) < 4.78 is 16.8. The fourth-order valence-electron chi connectivity index (χ4n) is 3.22. The Morgan fingerprint density at radius 2 is 1.91 bits per heavy atom. The lowest BCUT2D eigenvalue weighted by atomic mass is 10.1. The molecule has 0 amide bonds. The van der Waals surface area contributed by atoms with Crippen LogP contribution >= 0.6 is 0 Å². The zero-order valence-corrected chi connectivity index (χ0v) is 14.2. The van der Waals surface area contributed by atoms with Crippen molar-refractivity contribution in [2.75, 3.05) is 62.9 Å². The van der Waals surface area contributed by atoms with Gasteiger partial charge in [-0.1, -0.05) is 0 Å². The van der Waals surface area contributed by atoms with Crippen LogP contribution in [0.15, 0.2) is 12.4 Å². The van der Waals surface area contributed by atoms with Crippen molar-refractivity contribution < 1.29 is 14.2 Å². The van der Waals surface area contributed by atoms with Crippen LogP contribution in [0.3, 0.4) is 0 Å². The van der Waals surface area contributed by atoms with Crippen molar-refractivity contribution >= 4 is 11.6 Å². The monoisotopic (exact) mass is 322 g/mol. The molecule has 3 heterocycles. The van der Waals surface area contributed by atoms with Crippen molar-refractivity contribution in [3.05, 3.63) is 12.4 Å². The summed E-state index contributed by atoms with van der Waals surface area (Å²) in [4.78, 5) is 13.4. The predicted molar refractivity (Wildman–Crippen MR) is 88.1 cm³/mol. The lowest BCUT2D eigenvalue weighted by Crippen LogP contribution is -2.54. The molecule has 128 valence electrons. The molecule has 23 heavy (non-hydrogen) atoms. The minimum Gasteiger partial charge on any atom is -0.382 e. The maximum absolute atomic E-state index is 6.08. The quantitative estimate of drug-likeness (QED) is 0.817. The summed E-state index contributed by atoms with van der Waals surface area (Å²) in [5.41, 5.74) is -0.231. The van der Waals surface area contributed by atoms with Gasteiger partial charge in [0.15, 0.2) is 0 Å². The second kappa shape index (κ2) is 6.98. The summed E-state index contributed by atoms with van der Waals surface area (Å²) >= 11 is 0. The standard InChI is InChI=1S/C16H26N4O3/c1-16(2)11-20(9-13(23-16)10-21-3)15-8-14(17-12-18-15)19-4-6-22-7-5-19/h8,12-13H,4-7,9-11H2,1-3H3/t13-/m1/s1. The minimum absolute atomic E-state index is 0.0468. The maximum Gasteiger partial charge on any atom is 0.134 e. The Labute approximate surface area is 137 Å². The summed E-state index contributed by atoms with van der Waals surface area (Å²) in [5, 5.41) is 0. The molecule has 7 nitrogen and oxygen atoms in total. The van der Waals surface area contributed by atoms with E-state index in [1.54, 1.807) is 13.4 Å². The second-order valence-electron chi connectivity index (χ2n) is 6.67. The number of rotatable bonds is 4. The molecule has 0 bridgehead atoms. The zero-order chi connectivity index (χ0) is 16.3. The van der Waals surface area contributed by atoms with Crippen LogP contribution in [0.25, 0.3) is 0 Å². The molecule has 2 aliphatic heterocycles. The number of morpholine rings is 2. The topological polar surface area (TPSA) is 60.0 Å². The fraction of sp³-hybridized carbons (Fsp3) is 0.750. The van der Waals surface area contributed by atoms with E-state index < -0.39 is 0 Å². The zero-order valence-electron chi connectivity index (χ0n) is 14.2.